The van der Waals surface area contributed by atoms with E-state index in [-0.39, 0.29) is 25.2 Å². The number of carbonyl (C=O) groups is 3. The first-order valence-electron chi connectivity index (χ1n) is 7.07. The molecule has 2 rings (SSSR count). The van der Waals surface area contributed by atoms with Crippen LogP contribution < -0.4 is 0 Å². The summed E-state index contributed by atoms with van der Waals surface area (Å²) in [6.07, 6.45) is 0.892. The lowest BCUT2D eigenvalue weighted by molar-refractivity contribution is -0.147. The van der Waals surface area contributed by atoms with Crippen LogP contribution in [0.3, 0.4) is 0 Å². The van der Waals surface area contributed by atoms with Crippen molar-refractivity contribution in [3.63, 3.8) is 0 Å². The fourth-order valence-electron chi connectivity index (χ4n) is 2.87. The molecule has 0 aromatic carbocycles. The van der Waals surface area contributed by atoms with Gasteiger partial charge in [-0.2, -0.15) is 0 Å². The highest BCUT2D eigenvalue weighted by molar-refractivity contribution is 5.67. The van der Waals surface area contributed by atoms with E-state index in [1.165, 1.54) is 20.8 Å². The molecule has 1 saturated heterocycles. The third-order valence-electron chi connectivity index (χ3n) is 3.94. The number of hydrogen-bond acceptors (Lipinski definition) is 7. The number of hydrogen-bond donors (Lipinski definition) is 0. The molecule has 2 fully saturated rings. The summed E-state index contributed by atoms with van der Waals surface area (Å²) in [5, 5.41) is 0. The van der Waals surface area contributed by atoms with Crippen LogP contribution in [-0.2, 0) is 33.3 Å². The summed E-state index contributed by atoms with van der Waals surface area (Å²) in [6, 6.07) is 0. The Labute approximate surface area is 128 Å². The van der Waals surface area contributed by atoms with Crippen molar-refractivity contribution < 1.29 is 33.3 Å². The molecule has 1 saturated carbocycles. The molecule has 7 nitrogen and oxygen atoms in total. The second kappa shape index (κ2) is 6.08. The Bertz CT molecular complexity index is 524. The highest BCUT2D eigenvalue weighted by Crippen LogP contribution is 2.57. The van der Waals surface area contributed by atoms with Gasteiger partial charge in [0.25, 0.3) is 0 Å². The van der Waals surface area contributed by atoms with Crippen molar-refractivity contribution in [3.8, 4) is 0 Å². The smallest absolute Gasteiger partial charge is 0.303 e. The Morgan fingerprint density at radius 1 is 1.14 bits per heavy atom. The molecule has 0 unspecified atom stereocenters. The Morgan fingerprint density at radius 3 is 2.32 bits per heavy atom. The van der Waals surface area contributed by atoms with Crippen LogP contribution in [0.4, 0.5) is 0 Å². The van der Waals surface area contributed by atoms with Gasteiger partial charge < -0.3 is 18.9 Å². The van der Waals surface area contributed by atoms with Crippen molar-refractivity contribution in [3.05, 3.63) is 11.6 Å². The summed E-state index contributed by atoms with van der Waals surface area (Å²) >= 11 is 0. The van der Waals surface area contributed by atoms with Crippen molar-refractivity contribution in [2.45, 2.75) is 45.5 Å². The van der Waals surface area contributed by atoms with Gasteiger partial charge in [0.2, 0.25) is 0 Å². The fourth-order valence-corrected chi connectivity index (χ4v) is 2.87. The molecule has 1 aliphatic carbocycles. The lowest BCUT2D eigenvalue weighted by atomic mass is 9.93. The summed E-state index contributed by atoms with van der Waals surface area (Å²) in [5.41, 5.74) is 0.230. The van der Waals surface area contributed by atoms with Crippen molar-refractivity contribution in [1.29, 1.82) is 0 Å². The first-order valence-corrected chi connectivity index (χ1v) is 7.07. The molecule has 0 spiro atoms. The van der Waals surface area contributed by atoms with E-state index in [4.69, 9.17) is 18.9 Å². The molecule has 7 heteroatoms. The van der Waals surface area contributed by atoms with E-state index in [1.54, 1.807) is 6.08 Å². The van der Waals surface area contributed by atoms with Gasteiger partial charge in [-0.15, -0.1) is 0 Å². The largest absolute Gasteiger partial charge is 0.465 e. The Hall–Kier alpha value is -1.89. The van der Waals surface area contributed by atoms with Crippen molar-refractivity contribution in [1.82, 2.24) is 0 Å². The van der Waals surface area contributed by atoms with E-state index in [9.17, 15) is 14.4 Å². The minimum atomic E-state index is -0.543. The van der Waals surface area contributed by atoms with Crippen LogP contribution in [-0.4, -0.2) is 48.9 Å². The molecule has 4 atom stereocenters. The van der Waals surface area contributed by atoms with Crippen molar-refractivity contribution >= 4 is 17.9 Å². The predicted molar refractivity (Wildman–Crippen MR) is 73.7 cm³/mol. The Morgan fingerprint density at radius 2 is 1.77 bits per heavy atom. The first kappa shape index (κ1) is 16.5. The average Bonchev–Trinajstić information content (AvgIpc) is 3.00. The number of carbonyl (C=O) groups excluding carboxylic acids is 3. The fraction of sp³-hybridized carbons (Fsp3) is 0.667. The van der Waals surface area contributed by atoms with Crippen LogP contribution in [0.2, 0.25) is 0 Å². The molecular weight excluding hydrogens is 292 g/mol. The molecule has 0 N–H and O–H groups in total. The quantitative estimate of drug-likeness (QED) is 0.320. The van der Waals surface area contributed by atoms with Crippen LogP contribution in [0.25, 0.3) is 0 Å². The molecule has 22 heavy (non-hydrogen) atoms. The maximum Gasteiger partial charge on any atom is 0.303 e. The summed E-state index contributed by atoms with van der Waals surface area (Å²) in [5.74, 6) is -1.45. The standard InChI is InChI=1S/C15H20O7/c1-8(16)19-6-5-11-12(7-20-9(2)17)15(4)14(22-15)13(11)21-10(3)18/h5,12-14H,6-7H2,1-4H3/b11-5-/t12-,13-,14-,15+/m0/s1. The van der Waals surface area contributed by atoms with Crippen LogP contribution in [0.5, 0.6) is 0 Å². The van der Waals surface area contributed by atoms with Gasteiger partial charge in [-0.3, -0.25) is 14.4 Å². The highest BCUT2D eigenvalue weighted by atomic mass is 16.7. The molecule has 2 aliphatic rings. The lowest BCUT2D eigenvalue weighted by Gasteiger charge is -2.22. The van der Waals surface area contributed by atoms with E-state index in [1.807, 2.05) is 6.92 Å². The van der Waals surface area contributed by atoms with Gasteiger partial charge in [0.1, 0.15) is 24.9 Å². The van der Waals surface area contributed by atoms with Gasteiger partial charge in [-0.25, -0.2) is 0 Å². The van der Waals surface area contributed by atoms with E-state index in [2.05, 4.69) is 0 Å². The molecule has 1 aliphatic heterocycles. The first-order chi connectivity index (χ1) is 10.3. The van der Waals surface area contributed by atoms with Gasteiger partial charge in [0.15, 0.2) is 6.10 Å². The SMILES string of the molecule is CC(=O)OC/C=C1\[C@H](OC(C)=O)[C@@H]2O[C@]2(C)[C@H]1COC(C)=O. The molecule has 0 aromatic rings. The average molecular weight is 312 g/mol. The van der Waals surface area contributed by atoms with Gasteiger partial charge in [0, 0.05) is 26.7 Å². The Kier molecular flexibility index (Phi) is 4.55. The van der Waals surface area contributed by atoms with E-state index < -0.39 is 29.6 Å². The second-order valence-corrected chi connectivity index (χ2v) is 5.61. The maximum absolute atomic E-state index is 11.3. The minimum absolute atomic E-state index is 0.0712. The van der Waals surface area contributed by atoms with Gasteiger partial charge >= 0.3 is 17.9 Å². The predicted octanol–water partition coefficient (Wildman–Crippen LogP) is 0.758. The maximum atomic E-state index is 11.3. The molecule has 122 valence electrons. The van der Waals surface area contributed by atoms with E-state index in [0.717, 1.165) is 5.57 Å². The number of epoxide rings is 1. The molecule has 0 aromatic heterocycles. The summed E-state index contributed by atoms with van der Waals surface area (Å²) in [7, 11) is 0. The number of rotatable bonds is 5. The molecule has 0 bridgehead atoms. The second-order valence-electron chi connectivity index (χ2n) is 5.61. The van der Waals surface area contributed by atoms with Gasteiger partial charge in [-0.1, -0.05) is 0 Å². The highest BCUT2D eigenvalue weighted by Gasteiger charge is 2.70. The topological polar surface area (TPSA) is 91.4 Å². The molecule has 1 heterocycles. The summed E-state index contributed by atoms with van der Waals surface area (Å²) < 4.78 is 21.0. The van der Waals surface area contributed by atoms with E-state index in [0.29, 0.717) is 0 Å². The van der Waals surface area contributed by atoms with Crippen LogP contribution in [0.1, 0.15) is 27.7 Å². The third-order valence-corrected chi connectivity index (χ3v) is 3.94. The monoisotopic (exact) mass is 312 g/mol. The van der Waals surface area contributed by atoms with Crippen molar-refractivity contribution in [2.75, 3.05) is 13.2 Å². The van der Waals surface area contributed by atoms with E-state index >= 15 is 0 Å². The van der Waals surface area contributed by atoms with Crippen LogP contribution in [0, 0.1) is 5.92 Å². The number of fused-ring (bicyclic) bond motifs is 1. The zero-order valence-corrected chi connectivity index (χ0v) is 13.1. The van der Waals surface area contributed by atoms with Crippen molar-refractivity contribution in [2.24, 2.45) is 5.92 Å². The summed E-state index contributed by atoms with van der Waals surface area (Å²) in [4.78, 5) is 33.2. The van der Waals surface area contributed by atoms with Gasteiger partial charge in [0.05, 0.1) is 0 Å². The summed E-state index contributed by atoms with van der Waals surface area (Å²) in [6.45, 7) is 6.05. The zero-order valence-electron chi connectivity index (χ0n) is 13.1. The number of ether oxygens (including phenoxy) is 4. The molecule has 0 radical (unpaired) electrons. The molecule has 0 amide bonds. The van der Waals surface area contributed by atoms with Crippen LogP contribution in [0.15, 0.2) is 11.6 Å². The van der Waals surface area contributed by atoms with Crippen LogP contribution >= 0.6 is 0 Å². The molecular formula is C15H20O7. The Balaban J connectivity index is 2.17. The zero-order chi connectivity index (χ0) is 16.5. The third kappa shape index (κ3) is 3.30. The normalized spacial score (nSPS) is 34.0. The number of esters is 3. The minimum Gasteiger partial charge on any atom is -0.465 e. The lowest BCUT2D eigenvalue weighted by Crippen LogP contribution is -2.27. The van der Waals surface area contributed by atoms with Gasteiger partial charge in [-0.05, 0) is 18.6 Å².